The van der Waals surface area contributed by atoms with Gasteiger partial charge < -0.3 is 19.9 Å². The summed E-state index contributed by atoms with van der Waals surface area (Å²) >= 11 is 6.10. The van der Waals surface area contributed by atoms with E-state index < -0.39 is 5.82 Å². The Morgan fingerprint density at radius 3 is 2.78 bits per heavy atom. The summed E-state index contributed by atoms with van der Waals surface area (Å²) in [6.45, 7) is 2.02. The lowest BCUT2D eigenvalue weighted by molar-refractivity contribution is 0.196. The van der Waals surface area contributed by atoms with E-state index in [-0.39, 0.29) is 24.8 Å². The number of methoxy groups -OCH3 is 1. The van der Waals surface area contributed by atoms with E-state index in [1.54, 1.807) is 31.4 Å². The molecule has 2 aromatic carbocycles. The van der Waals surface area contributed by atoms with Crippen LogP contribution in [0.25, 0.3) is 10.9 Å². The van der Waals surface area contributed by atoms with Gasteiger partial charge in [0.2, 0.25) is 0 Å². The predicted octanol–water partition coefficient (Wildman–Crippen LogP) is 4.58. The van der Waals surface area contributed by atoms with Gasteiger partial charge in [-0.3, -0.25) is 4.98 Å². The first-order chi connectivity index (χ1) is 13.0. The smallest absolute Gasteiger partial charge is 0.172 e. The molecule has 0 spiro atoms. The number of hydrogen-bond donors (Lipinski definition) is 2. The van der Waals surface area contributed by atoms with Gasteiger partial charge in [0.15, 0.2) is 17.3 Å². The number of aliphatic hydroxyl groups is 1. The maximum absolute atomic E-state index is 14.8. The largest absolute Gasteiger partial charge is 0.493 e. The fourth-order valence-electron chi connectivity index (χ4n) is 2.81. The molecule has 3 aromatic rings. The minimum atomic E-state index is -0.447. The van der Waals surface area contributed by atoms with Crippen LogP contribution < -0.4 is 14.8 Å². The minimum Gasteiger partial charge on any atom is -0.493 e. The van der Waals surface area contributed by atoms with Crippen LogP contribution in [0.4, 0.5) is 10.1 Å². The van der Waals surface area contributed by atoms with E-state index in [0.29, 0.717) is 27.6 Å². The van der Waals surface area contributed by atoms with Crippen LogP contribution >= 0.6 is 11.6 Å². The molecule has 27 heavy (non-hydrogen) atoms. The molecule has 2 N–H and O–H groups in total. The molecule has 0 bridgehead atoms. The highest BCUT2D eigenvalue weighted by atomic mass is 35.5. The maximum Gasteiger partial charge on any atom is 0.172 e. The first kappa shape index (κ1) is 19.2. The van der Waals surface area contributed by atoms with Crippen LogP contribution in [0.5, 0.6) is 11.5 Å². The van der Waals surface area contributed by atoms with E-state index in [1.807, 2.05) is 19.1 Å². The van der Waals surface area contributed by atoms with Crippen molar-refractivity contribution < 1.29 is 19.0 Å². The molecule has 1 heterocycles. The van der Waals surface area contributed by atoms with Gasteiger partial charge >= 0.3 is 0 Å². The number of nitrogens with zero attached hydrogens (tertiary/aromatic N) is 1. The van der Waals surface area contributed by atoms with E-state index in [1.165, 1.54) is 6.20 Å². The number of rotatable bonds is 7. The molecule has 5 nitrogen and oxygen atoms in total. The molecule has 0 saturated carbocycles. The highest BCUT2D eigenvalue weighted by Crippen LogP contribution is 2.33. The molecule has 0 amide bonds. The van der Waals surface area contributed by atoms with Crippen molar-refractivity contribution in [2.24, 2.45) is 0 Å². The standard InChI is InChI=1S/C20H20ClFN2O3/c1-12(13-3-6-17(27-10-9-25)18(11-13)26-2)24-16-5-4-14-15(21)7-8-23-20(14)19(16)22/h3-8,11-12,24-25H,9-10H2,1-2H3. The Morgan fingerprint density at radius 2 is 2.04 bits per heavy atom. The van der Waals surface area contributed by atoms with Crippen molar-refractivity contribution >= 4 is 28.2 Å². The summed E-state index contributed by atoms with van der Waals surface area (Å²) in [5.41, 5.74) is 1.45. The van der Waals surface area contributed by atoms with Crippen molar-refractivity contribution in [3.8, 4) is 11.5 Å². The molecule has 0 aliphatic carbocycles. The lowest BCUT2D eigenvalue weighted by Crippen LogP contribution is -2.09. The van der Waals surface area contributed by atoms with Crippen LogP contribution in [-0.4, -0.2) is 30.4 Å². The minimum absolute atomic E-state index is 0.0812. The number of halogens is 2. The Kier molecular flexibility index (Phi) is 5.98. The van der Waals surface area contributed by atoms with Gasteiger partial charge in [0, 0.05) is 17.6 Å². The van der Waals surface area contributed by atoms with Crippen LogP contribution in [0.3, 0.4) is 0 Å². The monoisotopic (exact) mass is 390 g/mol. The summed E-state index contributed by atoms with van der Waals surface area (Å²) in [6, 6.07) is 10.3. The molecule has 1 atom stereocenters. The van der Waals surface area contributed by atoms with E-state index in [9.17, 15) is 4.39 Å². The third-order valence-corrected chi connectivity index (χ3v) is 4.54. The molecule has 1 unspecified atom stereocenters. The fourth-order valence-corrected chi connectivity index (χ4v) is 3.02. The van der Waals surface area contributed by atoms with Gasteiger partial charge in [-0.25, -0.2) is 4.39 Å². The van der Waals surface area contributed by atoms with Crippen molar-refractivity contribution in [1.29, 1.82) is 0 Å². The summed E-state index contributed by atoms with van der Waals surface area (Å²) in [5, 5.41) is 13.1. The number of pyridine rings is 1. The molecule has 0 aliphatic heterocycles. The van der Waals surface area contributed by atoms with Gasteiger partial charge in [0.05, 0.1) is 24.4 Å². The van der Waals surface area contributed by atoms with Gasteiger partial charge in [0.1, 0.15) is 12.1 Å². The normalized spacial score (nSPS) is 12.0. The summed E-state index contributed by atoms with van der Waals surface area (Å²) in [5.74, 6) is 0.636. The van der Waals surface area contributed by atoms with Gasteiger partial charge in [-0.15, -0.1) is 0 Å². The highest BCUT2D eigenvalue weighted by Gasteiger charge is 2.15. The van der Waals surface area contributed by atoms with Crippen molar-refractivity contribution in [1.82, 2.24) is 4.98 Å². The Balaban J connectivity index is 1.86. The molecular formula is C20H20ClFN2O3. The Morgan fingerprint density at radius 1 is 1.22 bits per heavy atom. The number of ether oxygens (including phenoxy) is 2. The second-order valence-electron chi connectivity index (χ2n) is 5.96. The van der Waals surface area contributed by atoms with E-state index >= 15 is 0 Å². The SMILES string of the molecule is COc1cc(C(C)Nc2ccc3c(Cl)ccnc3c2F)ccc1OCCO. The number of fused-ring (bicyclic) bond motifs is 1. The van der Waals surface area contributed by atoms with E-state index in [4.69, 9.17) is 26.2 Å². The number of nitrogens with one attached hydrogen (secondary N) is 1. The highest BCUT2D eigenvalue weighted by molar-refractivity contribution is 6.35. The summed E-state index contributed by atoms with van der Waals surface area (Å²) < 4.78 is 25.6. The molecule has 0 radical (unpaired) electrons. The number of anilines is 1. The van der Waals surface area contributed by atoms with Crippen molar-refractivity contribution in [3.05, 3.63) is 59.0 Å². The molecule has 0 saturated heterocycles. The van der Waals surface area contributed by atoms with Gasteiger partial charge in [0.25, 0.3) is 0 Å². The average molecular weight is 391 g/mol. The van der Waals surface area contributed by atoms with Crippen LogP contribution in [0.1, 0.15) is 18.5 Å². The molecule has 3 rings (SSSR count). The molecule has 0 aliphatic rings. The Hall–Kier alpha value is -2.57. The lowest BCUT2D eigenvalue weighted by atomic mass is 10.1. The van der Waals surface area contributed by atoms with Gasteiger partial charge in [-0.05, 0) is 42.8 Å². The Bertz CT molecular complexity index is 952. The van der Waals surface area contributed by atoms with Gasteiger partial charge in [-0.1, -0.05) is 17.7 Å². The fraction of sp³-hybridized carbons (Fsp3) is 0.250. The number of hydrogen-bond acceptors (Lipinski definition) is 5. The van der Waals surface area contributed by atoms with Crippen molar-refractivity contribution in [2.45, 2.75) is 13.0 Å². The van der Waals surface area contributed by atoms with Crippen molar-refractivity contribution in [2.75, 3.05) is 25.6 Å². The van der Waals surface area contributed by atoms with Gasteiger partial charge in [-0.2, -0.15) is 0 Å². The lowest BCUT2D eigenvalue weighted by Gasteiger charge is -2.19. The maximum atomic E-state index is 14.8. The van der Waals surface area contributed by atoms with Crippen molar-refractivity contribution in [3.63, 3.8) is 0 Å². The van der Waals surface area contributed by atoms with Crippen LogP contribution in [0, 0.1) is 5.82 Å². The first-order valence-corrected chi connectivity index (χ1v) is 8.83. The second kappa shape index (κ2) is 8.41. The zero-order chi connectivity index (χ0) is 19.4. The number of aliphatic hydroxyl groups excluding tert-OH is 1. The van der Waals surface area contributed by atoms with E-state index in [0.717, 1.165) is 5.56 Å². The number of aromatic nitrogens is 1. The average Bonchev–Trinajstić information content (AvgIpc) is 2.68. The second-order valence-corrected chi connectivity index (χ2v) is 6.37. The van der Waals surface area contributed by atoms with Crippen LogP contribution in [0.2, 0.25) is 5.02 Å². The molecule has 7 heteroatoms. The third kappa shape index (κ3) is 4.07. The summed E-state index contributed by atoms with van der Waals surface area (Å²) in [7, 11) is 1.54. The molecule has 1 aromatic heterocycles. The zero-order valence-corrected chi connectivity index (χ0v) is 15.8. The van der Waals surface area contributed by atoms with E-state index in [2.05, 4.69) is 10.3 Å². The quantitative estimate of drug-likeness (QED) is 0.618. The zero-order valence-electron chi connectivity index (χ0n) is 15.0. The number of benzene rings is 2. The van der Waals surface area contributed by atoms with Crippen LogP contribution in [-0.2, 0) is 0 Å². The Labute approximate surface area is 161 Å². The topological polar surface area (TPSA) is 63.6 Å². The molecule has 142 valence electrons. The third-order valence-electron chi connectivity index (χ3n) is 4.21. The first-order valence-electron chi connectivity index (χ1n) is 8.46. The van der Waals surface area contributed by atoms with Crippen LogP contribution in [0.15, 0.2) is 42.6 Å². The molecular weight excluding hydrogens is 371 g/mol. The predicted molar refractivity (Wildman–Crippen MR) is 104 cm³/mol. The summed E-state index contributed by atoms with van der Waals surface area (Å²) in [6.07, 6.45) is 1.48. The molecule has 0 fully saturated rings. The summed E-state index contributed by atoms with van der Waals surface area (Å²) in [4.78, 5) is 4.09.